The fourth-order valence-electron chi connectivity index (χ4n) is 2.67. The average Bonchev–Trinajstić information content (AvgIpc) is 2.76. The third-order valence-corrected chi connectivity index (χ3v) is 3.66. The van der Waals surface area contributed by atoms with Crippen molar-refractivity contribution in [3.8, 4) is 0 Å². The first-order chi connectivity index (χ1) is 9.42. The van der Waals surface area contributed by atoms with Crippen molar-refractivity contribution >= 4 is 0 Å². The highest BCUT2D eigenvalue weighted by Crippen LogP contribution is 2.30. The van der Waals surface area contributed by atoms with E-state index in [0.717, 1.165) is 31.6 Å². The van der Waals surface area contributed by atoms with Gasteiger partial charge in [0.25, 0.3) is 0 Å². The van der Waals surface area contributed by atoms with Gasteiger partial charge in [0.2, 0.25) is 0 Å². The molecule has 0 amide bonds. The minimum Gasteiger partial charge on any atom is -0.314 e. The zero-order valence-electron chi connectivity index (χ0n) is 10.9. The molecule has 1 N–H and O–H groups in total. The molecular formula is C16H18N3. The van der Waals surface area contributed by atoms with Crippen molar-refractivity contribution in [1.29, 1.82) is 0 Å². The molecule has 1 atom stereocenters. The average molecular weight is 252 g/mol. The van der Waals surface area contributed by atoms with Gasteiger partial charge in [-0.3, -0.25) is 4.98 Å². The van der Waals surface area contributed by atoms with Crippen LogP contribution < -0.4 is 10.6 Å². The molecule has 1 aliphatic heterocycles. The Hall–Kier alpha value is -1.71. The molecule has 3 nitrogen and oxygen atoms in total. The van der Waals surface area contributed by atoms with E-state index in [-0.39, 0.29) is 5.54 Å². The Morgan fingerprint density at radius 2 is 1.84 bits per heavy atom. The smallest absolute Gasteiger partial charge is 0.0993 e. The molecule has 1 saturated heterocycles. The van der Waals surface area contributed by atoms with Crippen LogP contribution in [0, 0.1) is 0 Å². The summed E-state index contributed by atoms with van der Waals surface area (Å²) in [7, 11) is 0. The summed E-state index contributed by atoms with van der Waals surface area (Å²) in [5, 5.41) is 8.51. The molecule has 0 spiro atoms. The van der Waals surface area contributed by atoms with Gasteiger partial charge in [-0.2, -0.15) is 0 Å². The molecule has 1 unspecified atom stereocenters. The van der Waals surface area contributed by atoms with Gasteiger partial charge in [0.1, 0.15) is 0 Å². The number of rotatable bonds is 2. The Bertz CT molecular complexity index is 461. The zero-order valence-corrected chi connectivity index (χ0v) is 10.9. The number of hydrogen-bond donors (Lipinski definition) is 1. The Labute approximate surface area is 114 Å². The van der Waals surface area contributed by atoms with Crippen LogP contribution in [0.15, 0.2) is 54.9 Å². The predicted molar refractivity (Wildman–Crippen MR) is 75.9 cm³/mol. The van der Waals surface area contributed by atoms with Crippen molar-refractivity contribution in [3.05, 3.63) is 66.0 Å². The topological polar surface area (TPSA) is 39.0 Å². The summed E-state index contributed by atoms with van der Waals surface area (Å²) >= 11 is 0. The van der Waals surface area contributed by atoms with E-state index < -0.39 is 0 Å². The predicted octanol–water partition coefficient (Wildman–Crippen LogP) is 1.92. The van der Waals surface area contributed by atoms with Gasteiger partial charge in [-0.15, -0.1) is 0 Å². The summed E-state index contributed by atoms with van der Waals surface area (Å²) in [6, 6.07) is 14.6. The largest absolute Gasteiger partial charge is 0.314 e. The molecule has 1 aromatic carbocycles. The standard InChI is InChI=1S/C16H18N3/c1-2-6-14(7-3-1)16(13-18-10-5-11-19-16)15-8-4-9-17-12-15/h1-4,6-9,12,18H,5,10-11,13H2. The van der Waals surface area contributed by atoms with E-state index in [9.17, 15) is 0 Å². The van der Waals surface area contributed by atoms with Gasteiger partial charge < -0.3 is 5.32 Å². The van der Waals surface area contributed by atoms with Crippen molar-refractivity contribution < 1.29 is 0 Å². The molecule has 19 heavy (non-hydrogen) atoms. The minimum atomic E-state index is -0.300. The monoisotopic (exact) mass is 252 g/mol. The lowest BCUT2D eigenvalue weighted by Crippen LogP contribution is -2.44. The Balaban J connectivity index is 2.09. The van der Waals surface area contributed by atoms with E-state index in [1.165, 1.54) is 5.56 Å². The second-order valence-electron chi connectivity index (χ2n) is 4.88. The minimum absolute atomic E-state index is 0.300. The fraction of sp³-hybridized carbons (Fsp3) is 0.312. The van der Waals surface area contributed by atoms with Gasteiger partial charge in [-0.05, 0) is 30.2 Å². The first-order valence-electron chi connectivity index (χ1n) is 6.77. The number of nitrogens with zero attached hydrogens (tertiary/aromatic N) is 2. The highest BCUT2D eigenvalue weighted by Gasteiger charge is 2.35. The highest BCUT2D eigenvalue weighted by molar-refractivity contribution is 5.38. The molecule has 2 aromatic rings. The quantitative estimate of drug-likeness (QED) is 0.887. The van der Waals surface area contributed by atoms with Gasteiger partial charge in [0, 0.05) is 25.5 Å². The summed E-state index contributed by atoms with van der Waals surface area (Å²) in [4.78, 5) is 4.27. The second kappa shape index (κ2) is 5.51. The third kappa shape index (κ3) is 2.39. The summed E-state index contributed by atoms with van der Waals surface area (Å²) in [5.41, 5.74) is 2.10. The second-order valence-corrected chi connectivity index (χ2v) is 4.88. The Kier molecular flexibility index (Phi) is 3.58. The Morgan fingerprint density at radius 1 is 1.00 bits per heavy atom. The van der Waals surface area contributed by atoms with Gasteiger partial charge in [-0.1, -0.05) is 36.4 Å². The molecule has 1 aliphatic rings. The van der Waals surface area contributed by atoms with Crippen LogP contribution in [-0.2, 0) is 5.54 Å². The Morgan fingerprint density at radius 3 is 2.63 bits per heavy atom. The van der Waals surface area contributed by atoms with E-state index in [1.807, 2.05) is 24.5 Å². The molecule has 97 valence electrons. The summed E-state index contributed by atoms with van der Waals surface area (Å²) in [6.45, 7) is 2.75. The summed E-state index contributed by atoms with van der Waals surface area (Å²) in [5.74, 6) is 0. The van der Waals surface area contributed by atoms with Crippen LogP contribution in [-0.4, -0.2) is 24.6 Å². The van der Waals surface area contributed by atoms with E-state index in [0.29, 0.717) is 0 Å². The molecule has 2 heterocycles. The van der Waals surface area contributed by atoms with Crippen LogP contribution in [0.3, 0.4) is 0 Å². The number of hydrogen-bond acceptors (Lipinski definition) is 2. The summed E-state index contributed by atoms with van der Waals surface area (Å²) in [6.07, 6.45) is 4.84. The molecular weight excluding hydrogens is 234 g/mol. The number of pyridine rings is 1. The van der Waals surface area contributed by atoms with Gasteiger partial charge in [0.05, 0.1) is 5.54 Å². The molecule has 1 radical (unpaired) electrons. The maximum absolute atomic E-state index is 4.99. The number of aromatic nitrogens is 1. The van der Waals surface area contributed by atoms with Crippen LogP contribution in [0.5, 0.6) is 0 Å². The molecule has 1 fully saturated rings. The van der Waals surface area contributed by atoms with Crippen molar-refractivity contribution in [2.75, 3.05) is 19.6 Å². The fourth-order valence-corrected chi connectivity index (χ4v) is 2.67. The molecule has 0 bridgehead atoms. The SMILES string of the molecule is c1ccc(C2(c3cccnc3)CNCCC[N]2)cc1. The molecule has 0 aliphatic carbocycles. The number of nitrogens with one attached hydrogen (secondary N) is 1. The molecule has 0 saturated carbocycles. The van der Waals surface area contributed by atoms with Gasteiger partial charge in [-0.25, -0.2) is 5.32 Å². The van der Waals surface area contributed by atoms with Crippen LogP contribution in [0.1, 0.15) is 17.5 Å². The van der Waals surface area contributed by atoms with Crippen LogP contribution in [0.25, 0.3) is 0 Å². The lowest BCUT2D eigenvalue weighted by molar-refractivity contribution is 0.403. The van der Waals surface area contributed by atoms with Crippen LogP contribution in [0.4, 0.5) is 0 Å². The van der Waals surface area contributed by atoms with E-state index in [1.54, 1.807) is 0 Å². The molecule has 3 heteroatoms. The first kappa shape index (κ1) is 12.3. The maximum atomic E-state index is 4.99. The molecule has 1 aromatic heterocycles. The van der Waals surface area contributed by atoms with E-state index in [2.05, 4.69) is 40.6 Å². The third-order valence-electron chi connectivity index (χ3n) is 3.66. The van der Waals surface area contributed by atoms with Crippen molar-refractivity contribution in [2.24, 2.45) is 0 Å². The zero-order chi connectivity index (χ0) is 13.0. The lowest BCUT2D eigenvalue weighted by Gasteiger charge is -2.33. The lowest BCUT2D eigenvalue weighted by atomic mass is 9.83. The molecule has 3 rings (SSSR count). The van der Waals surface area contributed by atoms with Crippen LogP contribution >= 0.6 is 0 Å². The van der Waals surface area contributed by atoms with E-state index in [4.69, 9.17) is 5.32 Å². The first-order valence-corrected chi connectivity index (χ1v) is 6.77. The van der Waals surface area contributed by atoms with Gasteiger partial charge >= 0.3 is 0 Å². The van der Waals surface area contributed by atoms with Crippen LogP contribution in [0.2, 0.25) is 0 Å². The number of benzene rings is 1. The van der Waals surface area contributed by atoms with Gasteiger partial charge in [0.15, 0.2) is 0 Å². The van der Waals surface area contributed by atoms with Crippen molar-refractivity contribution in [2.45, 2.75) is 12.0 Å². The highest BCUT2D eigenvalue weighted by atomic mass is 15.1. The van der Waals surface area contributed by atoms with E-state index >= 15 is 0 Å². The van der Waals surface area contributed by atoms with Crippen molar-refractivity contribution in [3.63, 3.8) is 0 Å². The van der Waals surface area contributed by atoms with Crippen molar-refractivity contribution in [1.82, 2.24) is 15.6 Å². The maximum Gasteiger partial charge on any atom is 0.0993 e. The summed E-state index contributed by atoms with van der Waals surface area (Å²) < 4.78 is 0. The normalized spacial score (nSPS) is 23.8.